The van der Waals surface area contributed by atoms with Crippen LogP contribution >= 0.6 is 0 Å². The van der Waals surface area contributed by atoms with Gasteiger partial charge in [0.25, 0.3) is 0 Å². The molecule has 0 radical (unpaired) electrons. The highest BCUT2D eigenvalue weighted by Crippen LogP contribution is 2.27. The first-order valence-electron chi connectivity index (χ1n) is 16.5. The van der Waals surface area contributed by atoms with E-state index in [9.17, 15) is 0 Å². The highest BCUT2D eigenvalue weighted by atomic mass is 16.5. The molecule has 0 saturated carbocycles. The lowest BCUT2D eigenvalue weighted by molar-refractivity contribution is 0.415. The van der Waals surface area contributed by atoms with Gasteiger partial charge in [0, 0.05) is 0 Å². The Morgan fingerprint density at radius 2 is 0.469 bits per heavy atom. The minimum Gasteiger partial charge on any atom is -0.497 e. The molecule has 0 bridgehead atoms. The smallest absolute Gasteiger partial charge is 0.119 e. The third-order valence-corrected chi connectivity index (χ3v) is 10.3. The number of fused-ring (bicyclic) bond motifs is 4. The molecule has 0 aromatic heterocycles. The number of methoxy groups -OCH3 is 4. The van der Waals surface area contributed by atoms with Crippen molar-refractivity contribution in [2.45, 2.75) is 0 Å². The van der Waals surface area contributed by atoms with Gasteiger partial charge < -0.3 is 18.9 Å². The lowest BCUT2D eigenvalue weighted by Gasteiger charge is -2.45. The maximum Gasteiger partial charge on any atom is 0.119 e. The van der Waals surface area contributed by atoms with E-state index in [0.29, 0.717) is 0 Å². The van der Waals surface area contributed by atoms with Crippen molar-refractivity contribution >= 4 is 71.1 Å². The van der Waals surface area contributed by atoms with Gasteiger partial charge in [-0.05, 0) is 91.6 Å². The van der Waals surface area contributed by atoms with Gasteiger partial charge >= 0.3 is 0 Å². The van der Waals surface area contributed by atoms with E-state index in [1.807, 2.05) is 24.3 Å². The third-order valence-electron chi connectivity index (χ3n) is 10.3. The summed E-state index contributed by atoms with van der Waals surface area (Å²) < 4.78 is 22.3. The van der Waals surface area contributed by atoms with Crippen LogP contribution in [0, 0.1) is 0 Å². The molecule has 49 heavy (non-hydrogen) atoms. The number of hydrogen-bond donors (Lipinski definition) is 0. The number of benzene rings is 8. The van der Waals surface area contributed by atoms with E-state index in [4.69, 9.17) is 18.9 Å². The fourth-order valence-electron chi connectivity index (χ4n) is 7.71. The highest BCUT2D eigenvalue weighted by molar-refractivity contribution is 7.20. The molecule has 0 atom stereocenters. The van der Waals surface area contributed by atoms with Gasteiger partial charge in [0.2, 0.25) is 0 Å². The van der Waals surface area contributed by atoms with Crippen LogP contribution in [0.25, 0.3) is 43.1 Å². The van der Waals surface area contributed by atoms with E-state index in [0.717, 1.165) is 66.1 Å². The summed E-state index contributed by atoms with van der Waals surface area (Å²) in [6.07, 6.45) is -1.72. The van der Waals surface area contributed by atoms with Crippen LogP contribution in [0.2, 0.25) is 0 Å². The summed E-state index contributed by atoms with van der Waals surface area (Å²) >= 11 is 0. The van der Waals surface area contributed by atoms with Gasteiger partial charge in [0.05, 0.1) is 28.4 Å². The molecule has 8 aromatic rings. The van der Waals surface area contributed by atoms with Crippen LogP contribution in [0.1, 0.15) is 0 Å². The summed E-state index contributed by atoms with van der Waals surface area (Å²) in [4.78, 5) is 0. The molecule has 0 heterocycles. The van der Waals surface area contributed by atoms with Gasteiger partial charge in [-0.3, -0.25) is 0 Å². The van der Waals surface area contributed by atoms with Crippen LogP contribution in [-0.4, -0.2) is 34.6 Å². The Balaban J connectivity index is 1.49. The molecule has 8 aromatic carbocycles. The van der Waals surface area contributed by atoms with Gasteiger partial charge in [0.1, 0.15) is 29.1 Å². The standard InChI is InChI=1S/C44H36BO4/c1-46-41-17-9-29-21-37(13-5-33(29)25-41)45(38-14-6-34-26-42(47-2)18-10-30(34)22-38,39-15-7-35-27-43(48-3)19-11-31(35)23-39)40-16-8-36-28-44(49-4)20-12-32(36)24-40/h5-28H,1-4H3/q-1. The van der Waals surface area contributed by atoms with E-state index in [-0.39, 0.29) is 0 Å². The molecule has 8 rings (SSSR count). The van der Waals surface area contributed by atoms with Crippen LogP contribution in [-0.2, 0) is 0 Å². The Bertz CT molecular complexity index is 2170. The largest absolute Gasteiger partial charge is 0.497 e. The van der Waals surface area contributed by atoms with Crippen LogP contribution < -0.4 is 40.8 Å². The third kappa shape index (κ3) is 5.19. The molecular weight excluding hydrogens is 603 g/mol. The Labute approximate surface area is 286 Å². The zero-order valence-electron chi connectivity index (χ0n) is 28.1. The Kier molecular flexibility index (Phi) is 7.61. The molecule has 0 aliphatic heterocycles. The molecule has 0 fully saturated rings. The normalized spacial score (nSPS) is 11.7. The topological polar surface area (TPSA) is 36.9 Å². The lowest BCUT2D eigenvalue weighted by Crippen LogP contribution is -2.74. The Morgan fingerprint density at radius 1 is 0.265 bits per heavy atom. The minimum absolute atomic E-state index is 0.844. The van der Waals surface area contributed by atoms with Gasteiger partial charge in [-0.25, -0.2) is 0 Å². The van der Waals surface area contributed by atoms with Crippen molar-refractivity contribution in [3.63, 3.8) is 0 Å². The Hall–Kier alpha value is -5.94. The molecule has 0 spiro atoms. The van der Waals surface area contributed by atoms with Crippen LogP contribution in [0.5, 0.6) is 23.0 Å². The minimum atomic E-state index is -1.72. The summed E-state index contributed by atoms with van der Waals surface area (Å²) in [7, 11) is 6.85. The van der Waals surface area contributed by atoms with E-state index in [1.54, 1.807) is 28.4 Å². The maximum absolute atomic E-state index is 5.58. The van der Waals surface area contributed by atoms with Crippen molar-refractivity contribution in [2.75, 3.05) is 28.4 Å². The van der Waals surface area contributed by atoms with Crippen molar-refractivity contribution in [3.8, 4) is 23.0 Å². The predicted octanol–water partition coefficient (Wildman–Crippen LogP) is 7.71. The molecule has 0 amide bonds. The molecular formula is C44H36BO4-. The monoisotopic (exact) mass is 639 g/mol. The van der Waals surface area contributed by atoms with E-state index >= 15 is 0 Å². The second-order valence-corrected chi connectivity index (χ2v) is 12.8. The second kappa shape index (κ2) is 12.3. The van der Waals surface area contributed by atoms with Crippen molar-refractivity contribution < 1.29 is 18.9 Å². The van der Waals surface area contributed by atoms with Crippen molar-refractivity contribution in [2.24, 2.45) is 0 Å². The van der Waals surface area contributed by atoms with Gasteiger partial charge in [-0.15, -0.1) is 0 Å². The van der Waals surface area contributed by atoms with Crippen molar-refractivity contribution in [1.29, 1.82) is 0 Å². The SMILES string of the molecule is COc1ccc2cc([B-](c3ccc4cc(OC)ccc4c3)(c3ccc4cc(OC)ccc4c3)c3ccc4cc(OC)ccc4c3)ccc2c1. The summed E-state index contributed by atoms with van der Waals surface area (Å²) in [5.41, 5.74) is 4.91. The van der Waals surface area contributed by atoms with E-state index in [1.165, 1.54) is 21.9 Å². The molecule has 0 aliphatic carbocycles. The van der Waals surface area contributed by atoms with Gasteiger partial charge in [-0.2, -0.15) is 21.9 Å². The molecule has 0 saturated heterocycles. The van der Waals surface area contributed by atoms with Crippen LogP contribution in [0.4, 0.5) is 0 Å². The molecule has 240 valence electrons. The highest BCUT2D eigenvalue weighted by Gasteiger charge is 2.33. The van der Waals surface area contributed by atoms with Crippen LogP contribution in [0.15, 0.2) is 146 Å². The zero-order chi connectivity index (χ0) is 33.5. The fourth-order valence-corrected chi connectivity index (χ4v) is 7.71. The quantitative estimate of drug-likeness (QED) is 0.160. The second-order valence-electron chi connectivity index (χ2n) is 12.8. The van der Waals surface area contributed by atoms with Crippen molar-refractivity contribution in [3.05, 3.63) is 146 Å². The summed E-state index contributed by atoms with van der Waals surface area (Å²) in [5.74, 6) is 3.38. The fraction of sp³-hybridized carbons (Fsp3) is 0.0909. The first-order chi connectivity index (χ1) is 24.0. The lowest BCUT2D eigenvalue weighted by atomic mass is 9.13. The zero-order valence-corrected chi connectivity index (χ0v) is 28.1. The summed E-state index contributed by atoms with van der Waals surface area (Å²) in [6, 6.07) is 52.8. The maximum atomic E-state index is 5.58. The number of ether oxygens (including phenoxy) is 4. The average Bonchev–Trinajstić information content (AvgIpc) is 3.17. The van der Waals surface area contributed by atoms with Crippen molar-refractivity contribution in [1.82, 2.24) is 0 Å². The molecule has 0 unspecified atom stereocenters. The van der Waals surface area contributed by atoms with Gasteiger partial charge in [-0.1, -0.05) is 97.1 Å². The summed E-state index contributed by atoms with van der Waals surface area (Å²) in [6.45, 7) is 0. The first-order valence-corrected chi connectivity index (χ1v) is 16.5. The number of rotatable bonds is 8. The first kappa shape index (κ1) is 30.4. The van der Waals surface area contributed by atoms with Gasteiger partial charge in [0.15, 0.2) is 0 Å². The predicted molar refractivity (Wildman–Crippen MR) is 206 cm³/mol. The van der Waals surface area contributed by atoms with Crippen LogP contribution in [0.3, 0.4) is 0 Å². The molecule has 0 aliphatic rings. The summed E-state index contributed by atoms with van der Waals surface area (Å²) in [5, 5.41) is 9.17. The molecule has 0 N–H and O–H groups in total. The van der Waals surface area contributed by atoms with E-state index < -0.39 is 6.15 Å². The average molecular weight is 640 g/mol. The molecule has 5 heteroatoms. The molecule has 4 nitrogen and oxygen atoms in total. The Morgan fingerprint density at radius 3 is 0.694 bits per heavy atom. The van der Waals surface area contributed by atoms with E-state index in [2.05, 4.69) is 121 Å². The number of hydrogen-bond acceptors (Lipinski definition) is 4.